The van der Waals surface area contributed by atoms with Crippen molar-refractivity contribution in [2.45, 2.75) is 57.5 Å². The van der Waals surface area contributed by atoms with Crippen molar-refractivity contribution in [2.24, 2.45) is 5.92 Å². The van der Waals surface area contributed by atoms with Crippen LogP contribution >= 0.6 is 0 Å². The Balaban J connectivity index is 1.68. The first-order valence-corrected chi connectivity index (χ1v) is 6.72. The Kier molecular flexibility index (Phi) is 4.04. The summed E-state index contributed by atoms with van der Waals surface area (Å²) in [5.41, 5.74) is 0. The van der Waals surface area contributed by atoms with Gasteiger partial charge in [0.15, 0.2) is 0 Å². The van der Waals surface area contributed by atoms with E-state index in [1.807, 2.05) is 0 Å². The van der Waals surface area contributed by atoms with Crippen molar-refractivity contribution in [3.05, 3.63) is 0 Å². The summed E-state index contributed by atoms with van der Waals surface area (Å²) in [7, 11) is 2.23. The molecule has 0 aromatic rings. The molecule has 2 nitrogen and oxygen atoms in total. The normalized spacial score (nSPS) is 38.4. The first kappa shape index (κ1) is 11.4. The Bertz CT molecular complexity index is 185. The van der Waals surface area contributed by atoms with Crippen LogP contribution < -0.4 is 5.32 Å². The Morgan fingerprint density at radius 1 is 1.07 bits per heavy atom. The van der Waals surface area contributed by atoms with Gasteiger partial charge in [-0.05, 0) is 51.6 Å². The molecule has 1 aliphatic carbocycles. The van der Waals surface area contributed by atoms with E-state index in [-0.39, 0.29) is 0 Å². The monoisotopic (exact) mass is 210 g/mol. The van der Waals surface area contributed by atoms with Crippen LogP contribution in [-0.2, 0) is 0 Å². The fraction of sp³-hybridized carbons (Fsp3) is 1.00. The summed E-state index contributed by atoms with van der Waals surface area (Å²) < 4.78 is 0. The molecule has 2 fully saturated rings. The van der Waals surface area contributed by atoms with Crippen molar-refractivity contribution in [1.29, 1.82) is 0 Å². The molecule has 15 heavy (non-hydrogen) atoms. The number of hydrogen-bond donors (Lipinski definition) is 1. The van der Waals surface area contributed by atoms with Gasteiger partial charge >= 0.3 is 0 Å². The highest BCUT2D eigenvalue weighted by atomic mass is 15.2. The van der Waals surface area contributed by atoms with Gasteiger partial charge in [0.2, 0.25) is 0 Å². The third kappa shape index (κ3) is 3.18. The molecule has 1 aliphatic heterocycles. The SMILES string of the molecule is CCC1CCC(NC2CCN(C)C2)CC1. The third-order valence-electron chi connectivity index (χ3n) is 4.29. The lowest BCUT2D eigenvalue weighted by Crippen LogP contribution is -2.41. The molecule has 1 saturated heterocycles. The third-order valence-corrected chi connectivity index (χ3v) is 4.29. The molecule has 1 saturated carbocycles. The van der Waals surface area contributed by atoms with E-state index in [1.165, 1.54) is 51.6 Å². The molecule has 0 spiro atoms. The van der Waals surface area contributed by atoms with Gasteiger partial charge in [-0.1, -0.05) is 13.3 Å². The lowest BCUT2D eigenvalue weighted by molar-refractivity contribution is 0.267. The topological polar surface area (TPSA) is 15.3 Å². The Morgan fingerprint density at radius 3 is 2.33 bits per heavy atom. The minimum Gasteiger partial charge on any atom is -0.310 e. The second-order valence-corrected chi connectivity index (χ2v) is 5.54. The summed E-state index contributed by atoms with van der Waals surface area (Å²) in [4.78, 5) is 2.44. The standard InChI is InChI=1S/C13H26N2/c1-3-11-4-6-12(7-5-11)14-13-8-9-15(2)10-13/h11-14H,3-10H2,1-2H3. The van der Waals surface area contributed by atoms with Gasteiger partial charge in [0.25, 0.3) is 0 Å². The molecule has 0 amide bonds. The van der Waals surface area contributed by atoms with Crippen LogP contribution in [-0.4, -0.2) is 37.1 Å². The largest absolute Gasteiger partial charge is 0.310 e. The van der Waals surface area contributed by atoms with E-state index in [0.717, 1.165) is 18.0 Å². The second-order valence-electron chi connectivity index (χ2n) is 5.54. The van der Waals surface area contributed by atoms with Gasteiger partial charge in [0.05, 0.1) is 0 Å². The second kappa shape index (κ2) is 5.31. The van der Waals surface area contributed by atoms with Crippen molar-refractivity contribution >= 4 is 0 Å². The van der Waals surface area contributed by atoms with Gasteiger partial charge in [0.1, 0.15) is 0 Å². The zero-order chi connectivity index (χ0) is 10.7. The minimum atomic E-state index is 0.776. The van der Waals surface area contributed by atoms with Gasteiger partial charge in [-0.15, -0.1) is 0 Å². The van der Waals surface area contributed by atoms with Crippen molar-refractivity contribution < 1.29 is 0 Å². The van der Waals surface area contributed by atoms with E-state index in [4.69, 9.17) is 0 Å². The van der Waals surface area contributed by atoms with Crippen molar-refractivity contribution in [3.8, 4) is 0 Å². The Hall–Kier alpha value is -0.0800. The van der Waals surface area contributed by atoms with Crippen LogP contribution in [0.25, 0.3) is 0 Å². The average Bonchev–Trinajstić information content (AvgIpc) is 2.65. The summed E-state index contributed by atoms with van der Waals surface area (Å²) in [5, 5.41) is 3.85. The van der Waals surface area contributed by atoms with Crippen LogP contribution in [0.15, 0.2) is 0 Å². The van der Waals surface area contributed by atoms with Crippen LogP contribution in [0.3, 0.4) is 0 Å². The number of hydrogen-bond acceptors (Lipinski definition) is 2. The summed E-state index contributed by atoms with van der Waals surface area (Å²) in [5.74, 6) is 1.02. The van der Waals surface area contributed by atoms with Gasteiger partial charge in [-0.2, -0.15) is 0 Å². The molecule has 0 aromatic carbocycles. The van der Waals surface area contributed by atoms with E-state index >= 15 is 0 Å². The van der Waals surface area contributed by atoms with E-state index in [0.29, 0.717) is 0 Å². The van der Waals surface area contributed by atoms with E-state index in [2.05, 4.69) is 24.2 Å². The predicted octanol–water partition coefficient (Wildman–Crippen LogP) is 2.25. The highest BCUT2D eigenvalue weighted by Gasteiger charge is 2.25. The van der Waals surface area contributed by atoms with Crippen LogP contribution in [0, 0.1) is 5.92 Å². The van der Waals surface area contributed by atoms with Gasteiger partial charge in [0, 0.05) is 18.6 Å². The fourth-order valence-electron chi connectivity index (χ4n) is 3.14. The Labute approximate surface area is 94.4 Å². The molecular weight excluding hydrogens is 184 g/mol. The Morgan fingerprint density at radius 2 is 1.80 bits per heavy atom. The summed E-state index contributed by atoms with van der Waals surface area (Å²) in [6, 6.07) is 1.60. The molecule has 2 rings (SSSR count). The first-order valence-electron chi connectivity index (χ1n) is 6.72. The molecular formula is C13H26N2. The van der Waals surface area contributed by atoms with E-state index < -0.39 is 0 Å². The number of rotatable bonds is 3. The van der Waals surface area contributed by atoms with Crippen LogP contribution in [0.2, 0.25) is 0 Å². The lowest BCUT2D eigenvalue weighted by atomic mass is 9.84. The maximum atomic E-state index is 3.85. The number of nitrogens with zero attached hydrogens (tertiary/aromatic N) is 1. The van der Waals surface area contributed by atoms with Gasteiger partial charge < -0.3 is 10.2 Å². The van der Waals surface area contributed by atoms with Gasteiger partial charge in [-0.3, -0.25) is 0 Å². The van der Waals surface area contributed by atoms with Gasteiger partial charge in [-0.25, -0.2) is 0 Å². The highest BCUT2D eigenvalue weighted by molar-refractivity contribution is 4.84. The van der Waals surface area contributed by atoms with Crippen LogP contribution in [0.5, 0.6) is 0 Å². The van der Waals surface area contributed by atoms with Crippen molar-refractivity contribution in [3.63, 3.8) is 0 Å². The zero-order valence-electron chi connectivity index (χ0n) is 10.3. The molecule has 1 N–H and O–H groups in total. The fourth-order valence-corrected chi connectivity index (χ4v) is 3.14. The molecule has 0 aromatic heterocycles. The summed E-state index contributed by atoms with van der Waals surface area (Å²) >= 11 is 0. The molecule has 1 atom stereocenters. The molecule has 1 unspecified atom stereocenters. The maximum absolute atomic E-state index is 3.85. The first-order chi connectivity index (χ1) is 7.28. The van der Waals surface area contributed by atoms with E-state index in [1.54, 1.807) is 0 Å². The lowest BCUT2D eigenvalue weighted by Gasteiger charge is -2.30. The quantitative estimate of drug-likeness (QED) is 0.768. The van der Waals surface area contributed by atoms with Crippen LogP contribution in [0.1, 0.15) is 45.4 Å². The predicted molar refractivity (Wildman–Crippen MR) is 65.1 cm³/mol. The zero-order valence-corrected chi connectivity index (χ0v) is 10.3. The number of likely N-dealkylation sites (tertiary alicyclic amines) is 1. The molecule has 1 heterocycles. The van der Waals surface area contributed by atoms with Crippen molar-refractivity contribution in [1.82, 2.24) is 10.2 Å². The molecule has 88 valence electrons. The minimum absolute atomic E-state index is 0.776. The summed E-state index contributed by atoms with van der Waals surface area (Å²) in [6.45, 7) is 4.88. The average molecular weight is 210 g/mol. The van der Waals surface area contributed by atoms with E-state index in [9.17, 15) is 0 Å². The molecule has 0 radical (unpaired) electrons. The highest BCUT2D eigenvalue weighted by Crippen LogP contribution is 2.27. The number of likely N-dealkylation sites (N-methyl/N-ethyl adjacent to an activating group) is 1. The maximum Gasteiger partial charge on any atom is 0.0209 e. The number of nitrogens with one attached hydrogen (secondary N) is 1. The molecule has 2 heteroatoms. The van der Waals surface area contributed by atoms with Crippen molar-refractivity contribution in [2.75, 3.05) is 20.1 Å². The smallest absolute Gasteiger partial charge is 0.0209 e. The van der Waals surface area contributed by atoms with Crippen LogP contribution in [0.4, 0.5) is 0 Å². The molecule has 0 bridgehead atoms. The molecule has 2 aliphatic rings. The summed E-state index contributed by atoms with van der Waals surface area (Å²) in [6.07, 6.45) is 8.48.